The number of nitrogens with one attached hydrogen (secondary N) is 1. The molecule has 0 aliphatic carbocycles. The zero-order valence-electron chi connectivity index (χ0n) is 10.8. The lowest BCUT2D eigenvalue weighted by Crippen LogP contribution is -2.21. The van der Waals surface area contributed by atoms with E-state index in [2.05, 4.69) is 10.3 Å². The predicted molar refractivity (Wildman–Crippen MR) is 78.7 cm³/mol. The molecule has 0 saturated carbocycles. The van der Waals surface area contributed by atoms with Crippen molar-refractivity contribution in [1.29, 1.82) is 0 Å². The van der Waals surface area contributed by atoms with Gasteiger partial charge in [0.05, 0.1) is 27.6 Å². The van der Waals surface area contributed by atoms with Gasteiger partial charge in [-0.15, -0.1) is 0 Å². The van der Waals surface area contributed by atoms with Crippen LogP contribution in [0.25, 0.3) is 10.9 Å². The van der Waals surface area contributed by atoms with Crippen LogP contribution in [0.1, 0.15) is 0 Å². The highest BCUT2D eigenvalue weighted by Gasteiger charge is 2.25. The number of anilines is 1. The summed E-state index contributed by atoms with van der Waals surface area (Å²) < 4.78 is 22.8. The maximum atomic E-state index is 11.4. The van der Waals surface area contributed by atoms with E-state index in [4.69, 9.17) is 0 Å². The van der Waals surface area contributed by atoms with Crippen molar-refractivity contribution in [2.75, 3.05) is 11.1 Å². The standard InChI is InChI=1S/C13H11N3O4S/c17-16(18)13-10-2-1-6-14-11(10)3-4-12(13)15-9-5-7-21(19,20)8-9/h1-7,9,15H,8H2. The number of pyridine rings is 1. The Morgan fingerprint density at radius 1 is 1.33 bits per heavy atom. The highest BCUT2D eigenvalue weighted by molar-refractivity contribution is 7.94. The van der Waals surface area contributed by atoms with Crippen LogP contribution in [-0.2, 0) is 9.84 Å². The van der Waals surface area contributed by atoms with Gasteiger partial charge in [-0.2, -0.15) is 0 Å². The number of nitrogens with zero attached hydrogens (tertiary/aromatic N) is 2. The molecule has 1 unspecified atom stereocenters. The molecule has 3 rings (SSSR count). The molecule has 1 aromatic carbocycles. The first-order valence-electron chi connectivity index (χ1n) is 6.16. The molecule has 2 heterocycles. The lowest BCUT2D eigenvalue weighted by Gasteiger charge is -2.12. The molecule has 21 heavy (non-hydrogen) atoms. The first-order chi connectivity index (χ1) is 9.96. The maximum Gasteiger partial charge on any atom is 0.301 e. The molecule has 0 spiro atoms. The minimum absolute atomic E-state index is 0.0988. The Labute approximate surface area is 120 Å². The van der Waals surface area contributed by atoms with Crippen LogP contribution >= 0.6 is 0 Å². The van der Waals surface area contributed by atoms with Gasteiger partial charge in [0, 0.05) is 11.6 Å². The number of nitro benzene ring substituents is 1. The molecule has 1 N–H and O–H groups in total. The molecule has 0 bridgehead atoms. The van der Waals surface area contributed by atoms with Crippen molar-refractivity contribution >= 4 is 32.1 Å². The molecule has 0 saturated heterocycles. The topological polar surface area (TPSA) is 102 Å². The second-order valence-electron chi connectivity index (χ2n) is 4.70. The van der Waals surface area contributed by atoms with Gasteiger partial charge < -0.3 is 5.32 Å². The van der Waals surface area contributed by atoms with Gasteiger partial charge in [-0.05, 0) is 24.3 Å². The summed E-state index contributed by atoms with van der Waals surface area (Å²) in [5.74, 6) is -0.102. The molecule has 0 fully saturated rings. The number of nitro groups is 1. The zero-order chi connectivity index (χ0) is 15.0. The zero-order valence-corrected chi connectivity index (χ0v) is 11.6. The third kappa shape index (κ3) is 2.57. The summed E-state index contributed by atoms with van der Waals surface area (Å²) >= 11 is 0. The van der Waals surface area contributed by atoms with E-state index in [1.54, 1.807) is 30.5 Å². The van der Waals surface area contributed by atoms with E-state index in [0.29, 0.717) is 10.9 Å². The van der Waals surface area contributed by atoms with Crippen LogP contribution in [0.2, 0.25) is 0 Å². The molecule has 1 atom stereocenters. The summed E-state index contributed by atoms with van der Waals surface area (Å²) in [7, 11) is -3.22. The van der Waals surface area contributed by atoms with Crippen molar-refractivity contribution in [3.8, 4) is 0 Å². The van der Waals surface area contributed by atoms with Crippen molar-refractivity contribution in [3.05, 3.63) is 52.1 Å². The Morgan fingerprint density at radius 3 is 2.81 bits per heavy atom. The molecule has 2 aromatic rings. The van der Waals surface area contributed by atoms with Gasteiger partial charge in [0.2, 0.25) is 0 Å². The number of fused-ring (bicyclic) bond motifs is 1. The van der Waals surface area contributed by atoms with Crippen LogP contribution < -0.4 is 5.32 Å². The van der Waals surface area contributed by atoms with Crippen molar-refractivity contribution in [2.24, 2.45) is 0 Å². The molecule has 8 heteroatoms. The van der Waals surface area contributed by atoms with E-state index in [1.807, 2.05) is 0 Å². The number of hydrogen-bond acceptors (Lipinski definition) is 6. The maximum absolute atomic E-state index is 11.4. The molecule has 1 aliphatic heterocycles. The van der Waals surface area contributed by atoms with E-state index < -0.39 is 20.8 Å². The quantitative estimate of drug-likeness (QED) is 0.686. The minimum Gasteiger partial charge on any atom is -0.372 e. The van der Waals surface area contributed by atoms with Crippen molar-refractivity contribution < 1.29 is 13.3 Å². The molecule has 0 radical (unpaired) electrons. The van der Waals surface area contributed by atoms with Gasteiger partial charge in [0.1, 0.15) is 5.69 Å². The van der Waals surface area contributed by atoms with Gasteiger partial charge in [-0.1, -0.05) is 6.08 Å². The summed E-state index contributed by atoms with van der Waals surface area (Å²) in [6.07, 6.45) is 3.05. The van der Waals surface area contributed by atoms with E-state index in [9.17, 15) is 18.5 Å². The predicted octanol–water partition coefficient (Wildman–Crippen LogP) is 1.87. The summed E-state index contributed by atoms with van der Waals surface area (Å²) in [6, 6.07) is 5.98. The van der Waals surface area contributed by atoms with E-state index >= 15 is 0 Å². The molecule has 1 aliphatic rings. The molecular formula is C13H11N3O4S. The Morgan fingerprint density at radius 2 is 2.14 bits per heavy atom. The average molecular weight is 305 g/mol. The Kier molecular flexibility index (Phi) is 3.09. The number of sulfone groups is 1. The average Bonchev–Trinajstić information content (AvgIpc) is 2.77. The van der Waals surface area contributed by atoms with Crippen LogP contribution in [0.5, 0.6) is 0 Å². The Bertz CT molecular complexity index is 861. The molecule has 7 nitrogen and oxygen atoms in total. The lowest BCUT2D eigenvalue weighted by atomic mass is 10.1. The molecular weight excluding hydrogens is 294 g/mol. The van der Waals surface area contributed by atoms with Crippen LogP contribution in [0.3, 0.4) is 0 Å². The summed E-state index contributed by atoms with van der Waals surface area (Å²) in [5.41, 5.74) is 0.704. The lowest BCUT2D eigenvalue weighted by molar-refractivity contribution is -0.382. The van der Waals surface area contributed by atoms with Crippen LogP contribution in [0, 0.1) is 10.1 Å². The van der Waals surface area contributed by atoms with E-state index in [0.717, 1.165) is 5.41 Å². The fourth-order valence-electron chi connectivity index (χ4n) is 2.32. The fourth-order valence-corrected chi connectivity index (χ4v) is 3.55. The van der Waals surface area contributed by atoms with Crippen molar-refractivity contribution in [3.63, 3.8) is 0 Å². The summed E-state index contributed by atoms with van der Waals surface area (Å²) in [4.78, 5) is 14.9. The van der Waals surface area contributed by atoms with Crippen LogP contribution in [0.15, 0.2) is 41.9 Å². The van der Waals surface area contributed by atoms with Crippen LogP contribution in [0.4, 0.5) is 11.4 Å². The fraction of sp³-hybridized carbons (Fsp3) is 0.154. The van der Waals surface area contributed by atoms with E-state index in [1.165, 1.54) is 6.08 Å². The van der Waals surface area contributed by atoms with E-state index in [-0.39, 0.29) is 17.1 Å². The second kappa shape index (κ2) is 4.81. The number of rotatable bonds is 3. The second-order valence-corrected chi connectivity index (χ2v) is 6.63. The Hall–Kier alpha value is -2.48. The van der Waals surface area contributed by atoms with Crippen molar-refractivity contribution in [1.82, 2.24) is 4.98 Å². The van der Waals surface area contributed by atoms with Gasteiger partial charge in [-0.25, -0.2) is 8.42 Å². The minimum atomic E-state index is -3.22. The highest BCUT2D eigenvalue weighted by Crippen LogP contribution is 2.33. The normalized spacial score (nSPS) is 19.7. The van der Waals surface area contributed by atoms with Crippen molar-refractivity contribution in [2.45, 2.75) is 6.04 Å². The smallest absolute Gasteiger partial charge is 0.301 e. The van der Waals surface area contributed by atoms with Gasteiger partial charge in [0.25, 0.3) is 0 Å². The molecule has 1 aromatic heterocycles. The van der Waals surface area contributed by atoms with Gasteiger partial charge >= 0.3 is 5.69 Å². The monoisotopic (exact) mass is 305 g/mol. The number of benzene rings is 1. The SMILES string of the molecule is O=[N+]([O-])c1c(NC2C=CS(=O)(=O)C2)ccc2ncccc12. The summed E-state index contributed by atoms with van der Waals surface area (Å²) in [6.45, 7) is 0. The number of hydrogen-bond donors (Lipinski definition) is 1. The molecule has 108 valence electrons. The first-order valence-corrected chi connectivity index (χ1v) is 7.87. The molecule has 0 amide bonds. The Balaban J connectivity index is 2.05. The van der Waals surface area contributed by atoms with Gasteiger partial charge in [0.15, 0.2) is 9.84 Å². The summed E-state index contributed by atoms with van der Waals surface area (Å²) in [5, 5.41) is 15.8. The van der Waals surface area contributed by atoms with Crippen LogP contribution in [-0.4, -0.2) is 30.1 Å². The van der Waals surface area contributed by atoms with Gasteiger partial charge in [-0.3, -0.25) is 15.1 Å². The third-order valence-corrected chi connectivity index (χ3v) is 4.61. The number of aromatic nitrogens is 1. The largest absolute Gasteiger partial charge is 0.372 e. The highest BCUT2D eigenvalue weighted by atomic mass is 32.2. The first kappa shape index (κ1) is 13.5. The third-order valence-electron chi connectivity index (χ3n) is 3.21.